The summed E-state index contributed by atoms with van der Waals surface area (Å²) in [5, 5.41) is 0. The molecule has 3 heterocycles. The highest BCUT2D eigenvalue weighted by atomic mass is 16.8. The van der Waals surface area contributed by atoms with E-state index in [1.165, 1.54) is 7.11 Å². The van der Waals surface area contributed by atoms with Gasteiger partial charge in [-0.3, -0.25) is 9.59 Å². The third-order valence-electron chi connectivity index (χ3n) is 9.16. The van der Waals surface area contributed by atoms with Gasteiger partial charge in [-0.15, -0.1) is 6.58 Å². The smallest absolute Gasteiger partial charge is 0.198 e. The minimum atomic E-state index is -1.59. The SMILES string of the molecule is C=CCC12O[C@@]3(OCc4ccccc4)C[C@@](C)(C1=O)[C@@]14OC(C)(C)OC21C3(C)C(OCOC)C4=O. The molecule has 8 nitrogen and oxygen atoms in total. The molecule has 3 aliphatic heterocycles. The summed E-state index contributed by atoms with van der Waals surface area (Å²) in [5.41, 5.74) is -6.10. The Morgan fingerprint density at radius 1 is 1.09 bits per heavy atom. The Bertz CT molecular complexity index is 1130. The van der Waals surface area contributed by atoms with Gasteiger partial charge >= 0.3 is 0 Å². The third kappa shape index (κ3) is 2.11. The Balaban J connectivity index is 1.62. The maximum atomic E-state index is 14.4. The highest BCUT2D eigenvalue weighted by Crippen LogP contribution is 2.87. The van der Waals surface area contributed by atoms with Gasteiger partial charge in [0, 0.05) is 20.0 Å². The summed E-state index contributed by atoms with van der Waals surface area (Å²) >= 11 is 0. The van der Waals surface area contributed by atoms with Gasteiger partial charge in [0.2, 0.25) is 0 Å². The third-order valence-corrected chi connectivity index (χ3v) is 9.16. The highest BCUT2D eigenvalue weighted by molar-refractivity contribution is 6.14. The van der Waals surface area contributed by atoms with Crippen molar-refractivity contribution in [1.82, 2.24) is 0 Å². The molecule has 1 aromatic carbocycles. The Morgan fingerprint density at radius 2 is 1.80 bits per heavy atom. The van der Waals surface area contributed by atoms with Crippen LogP contribution in [0.2, 0.25) is 0 Å². The maximum absolute atomic E-state index is 14.4. The van der Waals surface area contributed by atoms with Gasteiger partial charge < -0.3 is 28.4 Å². The lowest BCUT2D eigenvalue weighted by atomic mass is 9.55. The molecule has 1 spiro atoms. The number of methoxy groups -OCH3 is 1. The van der Waals surface area contributed by atoms with E-state index in [0.717, 1.165) is 5.56 Å². The molecule has 7 atom stereocenters. The van der Waals surface area contributed by atoms with Crippen molar-refractivity contribution in [3.05, 3.63) is 48.6 Å². The van der Waals surface area contributed by atoms with E-state index in [0.29, 0.717) is 0 Å². The number of Topliss-reactive ketones (excluding diaryl/α,β-unsaturated/α-hetero) is 2. The molecule has 0 aromatic heterocycles. The van der Waals surface area contributed by atoms with Crippen LogP contribution >= 0.6 is 0 Å². The summed E-state index contributed by atoms with van der Waals surface area (Å²) in [6.45, 7) is 11.2. The van der Waals surface area contributed by atoms with E-state index in [9.17, 15) is 9.59 Å². The molecular formula is C27H32O8. The van der Waals surface area contributed by atoms with E-state index in [1.807, 2.05) is 37.3 Å². The number of benzene rings is 1. The van der Waals surface area contributed by atoms with E-state index >= 15 is 0 Å². The summed E-state index contributed by atoms with van der Waals surface area (Å²) in [5.74, 6) is -3.02. The second-order valence-electron chi connectivity index (χ2n) is 11.3. The average Bonchev–Trinajstić information content (AvgIpc) is 3.26. The molecule has 0 radical (unpaired) electrons. The van der Waals surface area contributed by atoms with Gasteiger partial charge in [-0.1, -0.05) is 36.4 Å². The monoisotopic (exact) mass is 484 g/mol. The Kier molecular flexibility index (Phi) is 4.48. The number of carbonyl (C=O) groups is 2. The van der Waals surface area contributed by atoms with Crippen LogP contribution in [0, 0.1) is 10.8 Å². The first-order chi connectivity index (χ1) is 16.5. The number of hydrogen-bond acceptors (Lipinski definition) is 8. The van der Waals surface area contributed by atoms with Crippen molar-refractivity contribution in [2.24, 2.45) is 10.8 Å². The van der Waals surface area contributed by atoms with E-state index < -0.39 is 45.3 Å². The van der Waals surface area contributed by atoms with E-state index in [1.54, 1.807) is 26.8 Å². The molecule has 6 aliphatic rings. The number of ether oxygens (including phenoxy) is 6. The van der Waals surface area contributed by atoms with Crippen molar-refractivity contribution in [2.45, 2.75) is 81.6 Å². The first-order valence-corrected chi connectivity index (χ1v) is 12.1. The Labute approximate surface area is 204 Å². The number of hydrogen-bond donors (Lipinski definition) is 0. The molecule has 3 saturated carbocycles. The predicted octanol–water partition coefficient (Wildman–Crippen LogP) is 3.08. The van der Waals surface area contributed by atoms with Crippen LogP contribution in [0.3, 0.4) is 0 Å². The maximum Gasteiger partial charge on any atom is 0.198 e. The van der Waals surface area contributed by atoms with Crippen LogP contribution in [0.4, 0.5) is 0 Å². The highest BCUT2D eigenvalue weighted by Gasteiger charge is 3.08. The van der Waals surface area contributed by atoms with Crippen LogP contribution in [0.15, 0.2) is 43.0 Å². The summed E-state index contributed by atoms with van der Waals surface area (Å²) in [4.78, 5) is 28.7. The van der Waals surface area contributed by atoms with Gasteiger partial charge in [0.25, 0.3) is 0 Å². The van der Waals surface area contributed by atoms with Crippen molar-refractivity contribution in [2.75, 3.05) is 13.9 Å². The normalized spacial score (nSPS) is 48.1. The zero-order valence-electron chi connectivity index (χ0n) is 20.8. The molecule has 6 fully saturated rings. The van der Waals surface area contributed by atoms with E-state index in [2.05, 4.69) is 6.58 Å². The average molecular weight is 485 g/mol. The number of rotatable bonds is 8. The fourth-order valence-electron chi connectivity index (χ4n) is 8.28. The molecule has 3 saturated heterocycles. The fourth-order valence-corrected chi connectivity index (χ4v) is 8.28. The Morgan fingerprint density at radius 3 is 2.46 bits per heavy atom. The summed E-state index contributed by atoms with van der Waals surface area (Å²) in [6.07, 6.45) is 0.903. The molecule has 6 bridgehead atoms. The first kappa shape index (κ1) is 23.5. The van der Waals surface area contributed by atoms with Crippen LogP contribution < -0.4 is 0 Å². The van der Waals surface area contributed by atoms with E-state index in [-0.39, 0.29) is 37.8 Å². The number of carbonyl (C=O) groups excluding carboxylic acids is 2. The zero-order valence-corrected chi connectivity index (χ0v) is 20.8. The standard InChI is InChI=1S/C27H32O8/c1-7-13-24-20(29)22(4)15-25(35-24,32-14-17-11-9-8-10-12-17)23(5)19(31-16-30-6)18(28)26(22)27(23,24)34-21(2,3)33-26/h7-12,19H,1,13-16H2,2-6H3/t19?,22-,23?,24?,25-,26+,27?/m0/s1. The Hall–Kier alpha value is -1.94. The molecule has 35 heavy (non-hydrogen) atoms. The lowest BCUT2D eigenvalue weighted by Crippen LogP contribution is -2.70. The van der Waals surface area contributed by atoms with Gasteiger partial charge in [0.15, 0.2) is 39.9 Å². The second-order valence-corrected chi connectivity index (χ2v) is 11.3. The van der Waals surface area contributed by atoms with Gasteiger partial charge in [-0.2, -0.15) is 0 Å². The molecule has 8 heteroatoms. The van der Waals surface area contributed by atoms with Crippen LogP contribution in [0.25, 0.3) is 0 Å². The molecular weight excluding hydrogens is 452 g/mol. The van der Waals surface area contributed by atoms with Gasteiger partial charge in [-0.05, 0) is 33.3 Å². The van der Waals surface area contributed by atoms with Gasteiger partial charge in [0.05, 0.1) is 17.4 Å². The van der Waals surface area contributed by atoms with Crippen LogP contribution in [-0.4, -0.2) is 60.0 Å². The minimum absolute atomic E-state index is 0.116. The molecule has 3 aliphatic carbocycles. The predicted molar refractivity (Wildman–Crippen MR) is 122 cm³/mol. The van der Waals surface area contributed by atoms with Gasteiger partial charge in [-0.25, -0.2) is 0 Å². The van der Waals surface area contributed by atoms with Crippen molar-refractivity contribution >= 4 is 11.6 Å². The topological polar surface area (TPSA) is 89.5 Å². The second kappa shape index (κ2) is 6.68. The summed E-state index contributed by atoms with van der Waals surface area (Å²) in [6, 6.07) is 9.72. The van der Waals surface area contributed by atoms with Crippen molar-refractivity contribution in [3.63, 3.8) is 0 Å². The fraction of sp³-hybridized carbons (Fsp3) is 0.630. The molecule has 1 aromatic rings. The zero-order chi connectivity index (χ0) is 25.1. The van der Waals surface area contributed by atoms with Crippen molar-refractivity contribution in [3.8, 4) is 0 Å². The van der Waals surface area contributed by atoms with E-state index in [4.69, 9.17) is 28.4 Å². The summed E-state index contributed by atoms with van der Waals surface area (Å²) < 4.78 is 38.1. The summed E-state index contributed by atoms with van der Waals surface area (Å²) in [7, 11) is 1.50. The van der Waals surface area contributed by atoms with Crippen molar-refractivity contribution in [1.29, 1.82) is 0 Å². The minimum Gasteiger partial charge on any atom is -0.359 e. The molecule has 7 rings (SSSR count). The molecule has 0 N–H and O–H groups in total. The lowest BCUT2D eigenvalue weighted by molar-refractivity contribution is -0.331. The lowest BCUT2D eigenvalue weighted by Gasteiger charge is -2.54. The first-order valence-electron chi connectivity index (χ1n) is 12.1. The molecule has 188 valence electrons. The quantitative estimate of drug-likeness (QED) is 0.411. The van der Waals surface area contributed by atoms with Crippen LogP contribution in [0.5, 0.6) is 0 Å². The van der Waals surface area contributed by atoms with Gasteiger partial charge in [0.1, 0.15) is 12.9 Å². The van der Waals surface area contributed by atoms with Crippen molar-refractivity contribution < 1.29 is 38.0 Å². The largest absolute Gasteiger partial charge is 0.359 e. The van der Waals surface area contributed by atoms with Crippen LogP contribution in [-0.2, 0) is 44.6 Å². The molecule has 0 amide bonds. The molecule has 4 unspecified atom stereocenters. The van der Waals surface area contributed by atoms with Crippen LogP contribution in [0.1, 0.15) is 46.1 Å². The number of ketones is 2.